The highest BCUT2D eigenvalue weighted by Gasteiger charge is 2.29. The minimum absolute atomic E-state index is 0.0588. The molecule has 3 aromatic carbocycles. The molecule has 0 unspecified atom stereocenters. The van der Waals surface area contributed by atoms with E-state index in [2.05, 4.69) is 10.4 Å². The zero-order valence-corrected chi connectivity index (χ0v) is 20.5. The second-order valence-corrected chi connectivity index (χ2v) is 8.33. The summed E-state index contributed by atoms with van der Waals surface area (Å²) in [6, 6.07) is 18.5. The van der Waals surface area contributed by atoms with Gasteiger partial charge in [-0.2, -0.15) is 10.1 Å². The van der Waals surface area contributed by atoms with Crippen LogP contribution in [0.5, 0.6) is 11.5 Å². The van der Waals surface area contributed by atoms with Crippen molar-refractivity contribution in [1.82, 2.24) is 0 Å². The standard InChI is InChI=1S/C28H25N3O6/c1-17-7-10-21(11-8-17)29-26(32)16-37-24-12-9-19(14-25(24)36-3)13-23-18(2)30-31(27(23)33)22-6-4-5-20(15-22)28(34)35/h4-15H,16H2,1-3H3,(H,29,32)(H,34,35)/b23-13+. The maximum atomic E-state index is 13.1. The second-order valence-electron chi connectivity index (χ2n) is 8.33. The van der Waals surface area contributed by atoms with E-state index in [0.717, 1.165) is 5.56 Å². The summed E-state index contributed by atoms with van der Waals surface area (Å²) in [6.45, 7) is 3.46. The van der Waals surface area contributed by atoms with E-state index in [1.165, 1.54) is 24.3 Å². The van der Waals surface area contributed by atoms with Crippen molar-refractivity contribution in [2.75, 3.05) is 24.0 Å². The molecule has 2 amide bonds. The molecule has 0 aliphatic carbocycles. The average molecular weight is 500 g/mol. The van der Waals surface area contributed by atoms with Crippen molar-refractivity contribution in [3.8, 4) is 11.5 Å². The molecule has 1 aliphatic heterocycles. The smallest absolute Gasteiger partial charge is 0.335 e. The van der Waals surface area contributed by atoms with Crippen LogP contribution in [0.1, 0.15) is 28.4 Å². The van der Waals surface area contributed by atoms with Crippen LogP contribution in [0.25, 0.3) is 6.08 Å². The molecule has 3 aromatic rings. The monoisotopic (exact) mass is 499 g/mol. The third kappa shape index (κ3) is 5.84. The van der Waals surface area contributed by atoms with Crippen LogP contribution >= 0.6 is 0 Å². The number of ether oxygens (including phenoxy) is 2. The Labute approximate surface area is 213 Å². The maximum Gasteiger partial charge on any atom is 0.335 e. The van der Waals surface area contributed by atoms with Gasteiger partial charge in [-0.1, -0.05) is 29.8 Å². The lowest BCUT2D eigenvalue weighted by Gasteiger charge is -2.13. The number of carbonyl (C=O) groups is 3. The molecule has 0 aromatic heterocycles. The van der Waals surface area contributed by atoms with Crippen molar-refractivity contribution < 1.29 is 29.0 Å². The number of nitrogens with zero attached hydrogens (tertiary/aromatic N) is 2. The topological polar surface area (TPSA) is 118 Å². The minimum atomic E-state index is -1.09. The first-order valence-electron chi connectivity index (χ1n) is 11.4. The van der Waals surface area contributed by atoms with Crippen LogP contribution in [0, 0.1) is 6.92 Å². The molecule has 0 spiro atoms. The highest BCUT2D eigenvalue weighted by molar-refractivity contribution is 6.32. The summed E-state index contributed by atoms with van der Waals surface area (Å²) in [5.41, 5.74) is 3.69. The van der Waals surface area contributed by atoms with Crippen molar-refractivity contribution in [2.24, 2.45) is 5.10 Å². The number of hydrogen-bond acceptors (Lipinski definition) is 6. The Morgan fingerprint density at radius 2 is 1.78 bits per heavy atom. The third-order valence-corrected chi connectivity index (χ3v) is 5.59. The molecule has 0 saturated carbocycles. The van der Waals surface area contributed by atoms with Gasteiger partial charge in [-0.05, 0) is 68.0 Å². The minimum Gasteiger partial charge on any atom is -0.493 e. The van der Waals surface area contributed by atoms with E-state index in [0.29, 0.717) is 39.7 Å². The van der Waals surface area contributed by atoms with Gasteiger partial charge in [0.2, 0.25) is 0 Å². The Bertz CT molecular complexity index is 1430. The summed E-state index contributed by atoms with van der Waals surface area (Å²) in [5, 5.41) is 17.5. The number of hydrazone groups is 1. The number of rotatable bonds is 8. The van der Waals surface area contributed by atoms with E-state index in [1.54, 1.807) is 43.3 Å². The van der Waals surface area contributed by atoms with E-state index < -0.39 is 5.97 Å². The number of amides is 2. The summed E-state index contributed by atoms with van der Waals surface area (Å²) in [4.78, 5) is 36.6. The molecule has 9 nitrogen and oxygen atoms in total. The molecule has 1 heterocycles. The van der Waals surface area contributed by atoms with Crippen LogP contribution < -0.4 is 19.8 Å². The van der Waals surface area contributed by atoms with E-state index in [9.17, 15) is 19.5 Å². The number of hydrogen-bond donors (Lipinski definition) is 2. The number of carboxylic acids is 1. The molecular weight excluding hydrogens is 474 g/mol. The molecule has 0 atom stereocenters. The number of carbonyl (C=O) groups excluding carboxylic acids is 2. The van der Waals surface area contributed by atoms with Crippen molar-refractivity contribution in [3.63, 3.8) is 0 Å². The summed E-state index contributed by atoms with van der Waals surface area (Å²) in [7, 11) is 1.48. The van der Waals surface area contributed by atoms with Gasteiger partial charge in [-0.25, -0.2) is 4.79 Å². The summed E-state index contributed by atoms with van der Waals surface area (Å²) in [6.07, 6.45) is 1.67. The summed E-state index contributed by atoms with van der Waals surface area (Å²) in [5.74, 6) is -1.02. The Kier molecular flexibility index (Phi) is 7.34. The first-order valence-corrected chi connectivity index (χ1v) is 11.4. The predicted molar refractivity (Wildman–Crippen MR) is 140 cm³/mol. The van der Waals surface area contributed by atoms with E-state index in [-0.39, 0.29) is 24.0 Å². The van der Waals surface area contributed by atoms with Gasteiger partial charge in [0.1, 0.15) is 0 Å². The zero-order valence-electron chi connectivity index (χ0n) is 20.5. The zero-order chi connectivity index (χ0) is 26.5. The molecule has 0 radical (unpaired) electrons. The highest BCUT2D eigenvalue weighted by Crippen LogP contribution is 2.31. The number of methoxy groups -OCH3 is 1. The molecule has 188 valence electrons. The molecule has 0 fully saturated rings. The fraction of sp³-hybridized carbons (Fsp3) is 0.143. The first kappa shape index (κ1) is 25.2. The number of carboxylic acid groups (broad SMARTS) is 1. The molecule has 2 N–H and O–H groups in total. The molecule has 9 heteroatoms. The molecule has 1 aliphatic rings. The Hall–Kier alpha value is -4.92. The molecule has 37 heavy (non-hydrogen) atoms. The number of anilines is 2. The van der Waals surface area contributed by atoms with Crippen LogP contribution in [-0.4, -0.2) is 42.3 Å². The quantitative estimate of drug-likeness (QED) is 0.440. The molecule has 0 saturated heterocycles. The molecular formula is C28H25N3O6. The fourth-order valence-electron chi connectivity index (χ4n) is 3.67. The lowest BCUT2D eigenvalue weighted by atomic mass is 10.1. The highest BCUT2D eigenvalue weighted by atomic mass is 16.5. The number of aryl methyl sites for hydroxylation is 1. The van der Waals surface area contributed by atoms with Crippen molar-refractivity contribution >= 4 is 40.9 Å². The predicted octanol–water partition coefficient (Wildman–Crippen LogP) is 4.53. The second kappa shape index (κ2) is 10.8. The molecule has 4 rings (SSSR count). The Morgan fingerprint density at radius 1 is 1.03 bits per heavy atom. The summed E-state index contributed by atoms with van der Waals surface area (Å²) < 4.78 is 11.1. The van der Waals surface area contributed by atoms with E-state index in [1.807, 2.05) is 31.2 Å². The van der Waals surface area contributed by atoms with Gasteiger partial charge < -0.3 is 19.9 Å². The SMILES string of the molecule is COc1cc(/C=C2/C(=O)N(c3cccc(C(=O)O)c3)N=C2C)ccc1OCC(=O)Nc1ccc(C)cc1. The lowest BCUT2D eigenvalue weighted by molar-refractivity contribution is -0.118. The van der Waals surface area contributed by atoms with Gasteiger partial charge in [0.25, 0.3) is 11.8 Å². The van der Waals surface area contributed by atoms with Gasteiger partial charge in [0.15, 0.2) is 18.1 Å². The normalized spacial score (nSPS) is 13.9. The fourth-order valence-corrected chi connectivity index (χ4v) is 3.67. The van der Waals surface area contributed by atoms with Gasteiger partial charge in [-0.15, -0.1) is 0 Å². The van der Waals surface area contributed by atoms with Gasteiger partial charge in [0, 0.05) is 5.69 Å². The van der Waals surface area contributed by atoms with Crippen molar-refractivity contribution in [1.29, 1.82) is 0 Å². The van der Waals surface area contributed by atoms with Gasteiger partial charge in [-0.3, -0.25) is 9.59 Å². The van der Waals surface area contributed by atoms with Crippen LogP contribution in [0.4, 0.5) is 11.4 Å². The van der Waals surface area contributed by atoms with Crippen LogP contribution in [0.3, 0.4) is 0 Å². The summed E-state index contributed by atoms with van der Waals surface area (Å²) >= 11 is 0. The van der Waals surface area contributed by atoms with Crippen molar-refractivity contribution in [3.05, 3.63) is 89.0 Å². The lowest BCUT2D eigenvalue weighted by Crippen LogP contribution is -2.21. The largest absolute Gasteiger partial charge is 0.493 e. The number of nitrogens with one attached hydrogen (secondary N) is 1. The average Bonchev–Trinajstić information content (AvgIpc) is 3.17. The van der Waals surface area contributed by atoms with Gasteiger partial charge in [0.05, 0.1) is 29.6 Å². The Balaban J connectivity index is 1.47. The van der Waals surface area contributed by atoms with Gasteiger partial charge >= 0.3 is 5.97 Å². The number of aromatic carboxylic acids is 1. The first-order chi connectivity index (χ1) is 17.7. The maximum absolute atomic E-state index is 13.1. The molecule has 0 bridgehead atoms. The third-order valence-electron chi connectivity index (χ3n) is 5.59. The number of benzene rings is 3. The van der Waals surface area contributed by atoms with E-state index >= 15 is 0 Å². The van der Waals surface area contributed by atoms with Crippen LogP contribution in [0.15, 0.2) is 77.4 Å². The van der Waals surface area contributed by atoms with Crippen molar-refractivity contribution in [2.45, 2.75) is 13.8 Å². The Morgan fingerprint density at radius 3 is 2.49 bits per heavy atom. The van der Waals surface area contributed by atoms with E-state index in [4.69, 9.17) is 9.47 Å². The van der Waals surface area contributed by atoms with Crippen LogP contribution in [-0.2, 0) is 9.59 Å². The van der Waals surface area contributed by atoms with Crippen LogP contribution in [0.2, 0.25) is 0 Å².